The van der Waals surface area contributed by atoms with E-state index in [1.54, 1.807) is 10.9 Å². The Balaban J connectivity index is 0.00000132. The molecule has 1 N–H and O–H groups in total. The van der Waals surface area contributed by atoms with Crippen LogP contribution in [0.2, 0.25) is 0 Å². The second-order valence-electron chi connectivity index (χ2n) is 5.60. The molecule has 3 rings (SSSR count). The van der Waals surface area contributed by atoms with Crippen LogP contribution in [0.1, 0.15) is 18.6 Å². The number of ether oxygens (including phenoxy) is 2. The number of hydrogen-bond acceptors (Lipinski definition) is 5. The number of carbonyl (C=O) groups is 1. The fraction of sp³-hybridized carbons (Fsp3) is 0.714. The molecule has 1 amide bonds. The number of carbonyl (C=O) groups excluding carboxylic acids is 1. The van der Waals surface area contributed by atoms with Crippen molar-refractivity contribution in [3.05, 3.63) is 18.0 Å². The van der Waals surface area contributed by atoms with Gasteiger partial charge in [0, 0.05) is 31.9 Å². The van der Waals surface area contributed by atoms with Crippen LogP contribution >= 0.6 is 24.8 Å². The Hall–Kier alpha value is -0.860. The lowest BCUT2D eigenvalue weighted by atomic mass is 10.1. The highest BCUT2D eigenvalue weighted by molar-refractivity contribution is 5.85. The Labute approximate surface area is 148 Å². The zero-order valence-electron chi connectivity index (χ0n) is 13.3. The van der Waals surface area contributed by atoms with Crippen LogP contribution in [-0.2, 0) is 21.3 Å². The van der Waals surface area contributed by atoms with Crippen molar-refractivity contribution in [3.63, 3.8) is 0 Å². The molecular formula is C14H24Cl2N4O3. The van der Waals surface area contributed by atoms with E-state index in [9.17, 15) is 4.79 Å². The molecule has 1 unspecified atom stereocenters. The van der Waals surface area contributed by atoms with Crippen LogP contribution in [0.15, 0.2) is 12.4 Å². The van der Waals surface area contributed by atoms with Crippen molar-refractivity contribution in [3.8, 4) is 0 Å². The topological polar surface area (TPSA) is 68.6 Å². The Morgan fingerprint density at radius 1 is 1.35 bits per heavy atom. The van der Waals surface area contributed by atoms with Gasteiger partial charge in [-0.15, -0.1) is 24.8 Å². The number of nitrogens with zero attached hydrogens (tertiary/aromatic N) is 3. The van der Waals surface area contributed by atoms with Crippen LogP contribution in [0, 0.1) is 0 Å². The molecule has 7 nitrogen and oxygen atoms in total. The zero-order chi connectivity index (χ0) is 14.8. The quantitative estimate of drug-likeness (QED) is 0.827. The summed E-state index contributed by atoms with van der Waals surface area (Å²) in [6, 6.07) is -0.258. The normalized spacial score (nSPS) is 27.7. The van der Waals surface area contributed by atoms with Gasteiger partial charge in [-0.05, 0) is 6.92 Å². The van der Waals surface area contributed by atoms with Crippen LogP contribution in [0.4, 0.5) is 0 Å². The van der Waals surface area contributed by atoms with Gasteiger partial charge in [-0.3, -0.25) is 9.48 Å². The van der Waals surface area contributed by atoms with E-state index in [2.05, 4.69) is 10.4 Å². The summed E-state index contributed by atoms with van der Waals surface area (Å²) in [6.45, 7) is 5.06. The van der Waals surface area contributed by atoms with Gasteiger partial charge in [-0.25, -0.2) is 0 Å². The number of aromatic nitrogens is 2. The largest absolute Gasteiger partial charge is 0.375 e. The lowest BCUT2D eigenvalue weighted by Crippen LogP contribution is -2.58. The smallest absolute Gasteiger partial charge is 0.242 e. The highest BCUT2D eigenvalue weighted by Gasteiger charge is 2.34. The molecule has 2 aliphatic rings. The molecule has 23 heavy (non-hydrogen) atoms. The van der Waals surface area contributed by atoms with Gasteiger partial charge in [0.25, 0.3) is 0 Å². The van der Waals surface area contributed by atoms with Crippen LogP contribution < -0.4 is 5.32 Å². The first kappa shape index (κ1) is 20.2. The summed E-state index contributed by atoms with van der Waals surface area (Å²) in [7, 11) is 1.88. The second kappa shape index (κ2) is 8.84. The fourth-order valence-corrected chi connectivity index (χ4v) is 2.86. The maximum atomic E-state index is 12.7. The highest BCUT2D eigenvalue weighted by atomic mass is 35.5. The number of amides is 1. The molecule has 3 heterocycles. The summed E-state index contributed by atoms with van der Waals surface area (Å²) in [4.78, 5) is 14.5. The van der Waals surface area contributed by atoms with Gasteiger partial charge in [0.15, 0.2) is 0 Å². The van der Waals surface area contributed by atoms with Crippen LogP contribution in [0.5, 0.6) is 0 Å². The molecular weight excluding hydrogens is 343 g/mol. The van der Waals surface area contributed by atoms with Crippen molar-refractivity contribution in [1.82, 2.24) is 20.0 Å². The first-order valence-electron chi connectivity index (χ1n) is 7.39. The van der Waals surface area contributed by atoms with E-state index < -0.39 is 0 Å². The number of morpholine rings is 2. The van der Waals surface area contributed by atoms with Crippen LogP contribution in [0.3, 0.4) is 0 Å². The number of hydrogen-bond donors (Lipinski definition) is 1. The summed E-state index contributed by atoms with van der Waals surface area (Å²) in [5.74, 6) is 0.0967. The van der Waals surface area contributed by atoms with Gasteiger partial charge in [0.05, 0.1) is 32.1 Å². The third-order valence-corrected chi connectivity index (χ3v) is 4.06. The minimum absolute atomic E-state index is 0. The molecule has 0 aliphatic carbocycles. The standard InChI is InChI=1S/C14H22N4O3.2ClH/c1-10-13(15-3-5-20-10)14(19)18-4-6-21-12(9-18)11-7-16-17(2)8-11;;/h7-8,10,12-13,15H,3-6,9H2,1-2H3;2*1H/t10-,12?,13+;;/m1../s1. The molecule has 1 aromatic rings. The van der Waals surface area contributed by atoms with E-state index in [1.807, 2.05) is 25.1 Å². The Kier molecular flexibility index (Phi) is 7.76. The number of nitrogens with one attached hydrogen (secondary N) is 1. The predicted molar refractivity (Wildman–Crippen MR) is 90.2 cm³/mol. The van der Waals surface area contributed by atoms with E-state index in [4.69, 9.17) is 9.47 Å². The molecule has 132 valence electrons. The summed E-state index contributed by atoms with van der Waals surface area (Å²) < 4.78 is 13.1. The van der Waals surface area contributed by atoms with Gasteiger partial charge in [0.1, 0.15) is 12.1 Å². The SMILES string of the molecule is C[C@H]1OCCN[C@@H]1C(=O)N1CCOC(c2cnn(C)c2)C1.Cl.Cl. The molecule has 0 aromatic carbocycles. The lowest BCUT2D eigenvalue weighted by Gasteiger charge is -2.37. The van der Waals surface area contributed by atoms with E-state index in [-0.39, 0.29) is 49.0 Å². The van der Waals surface area contributed by atoms with Gasteiger partial charge in [-0.2, -0.15) is 5.10 Å². The maximum Gasteiger partial charge on any atom is 0.242 e. The van der Waals surface area contributed by atoms with Crippen molar-refractivity contribution in [1.29, 1.82) is 0 Å². The molecule has 2 fully saturated rings. The summed E-state index contributed by atoms with van der Waals surface area (Å²) in [5.41, 5.74) is 1.01. The summed E-state index contributed by atoms with van der Waals surface area (Å²) >= 11 is 0. The molecule has 9 heteroatoms. The van der Waals surface area contributed by atoms with E-state index >= 15 is 0 Å². The molecule has 2 aliphatic heterocycles. The first-order valence-corrected chi connectivity index (χ1v) is 7.39. The lowest BCUT2D eigenvalue weighted by molar-refractivity contribution is -0.147. The maximum absolute atomic E-state index is 12.7. The third-order valence-electron chi connectivity index (χ3n) is 4.06. The van der Waals surface area contributed by atoms with Crippen molar-refractivity contribution in [2.45, 2.75) is 25.2 Å². The summed E-state index contributed by atoms with van der Waals surface area (Å²) in [6.07, 6.45) is 3.54. The van der Waals surface area contributed by atoms with Crippen molar-refractivity contribution in [2.75, 3.05) is 32.8 Å². The molecule has 3 atom stereocenters. The Morgan fingerprint density at radius 3 is 2.78 bits per heavy atom. The van der Waals surface area contributed by atoms with Crippen molar-refractivity contribution < 1.29 is 14.3 Å². The summed E-state index contributed by atoms with van der Waals surface area (Å²) in [5, 5.41) is 7.42. The molecule has 2 saturated heterocycles. The monoisotopic (exact) mass is 366 g/mol. The molecule has 1 aromatic heterocycles. The molecule has 0 radical (unpaired) electrons. The van der Waals surface area contributed by atoms with Gasteiger partial charge in [0.2, 0.25) is 5.91 Å². The van der Waals surface area contributed by atoms with E-state index in [1.165, 1.54) is 0 Å². The van der Waals surface area contributed by atoms with E-state index in [0.717, 1.165) is 12.1 Å². The Bertz CT molecular complexity index is 514. The van der Waals surface area contributed by atoms with Crippen molar-refractivity contribution in [2.24, 2.45) is 7.05 Å². The molecule has 0 saturated carbocycles. The zero-order valence-corrected chi connectivity index (χ0v) is 14.9. The van der Waals surface area contributed by atoms with Crippen molar-refractivity contribution >= 4 is 30.7 Å². The second-order valence-corrected chi connectivity index (χ2v) is 5.60. The minimum atomic E-state index is -0.258. The highest BCUT2D eigenvalue weighted by Crippen LogP contribution is 2.22. The molecule has 0 spiro atoms. The third kappa shape index (κ3) is 4.58. The predicted octanol–water partition coefficient (Wildman–Crippen LogP) is 0.540. The van der Waals surface area contributed by atoms with Gasteiger partial charge < -0.3 is 19.7 Å². The number of aryl methyl sites for hydroxylation is 1. The fourth-order valence-electron chi connectivity index (χ4n) is 2.86. The average Bonchev–Trinajstić information content (AvgIpc) is 2.94. The number of halogens is 2. The minimum Gasteiger partial charge on any atom is -0.375 e. The average molecular weight is 367 g/mol. The van der Waals surface area contributed by atoms with Crippen LogP contribution in [0.25, 0.3) is 0 Å². The molecule has 0 bridgehead atoms. The first-order chi connectivity index (χ1) is 10.1. The Morgan fingerprint density at radius 2 is 2.13 bits per heavy atom. The van der Waals surface area contributed by atoms with Crippen LogP contribution in [-0.4, -0.2) is 65.6 Å². The van der Waals surface area contributed by atoms with E-state index in [0.29, 0.717) is 26.3 Å². The van der Waals surface area contributed by atoms with Gasteiger partial charge in [-0.1, -0.05) is 0 Å². The van der Waals surface area contributed by atoms with Gasteiger partial charge >= 0.3 is 0 Å². The number of rotatable bonds is 2.